The summed E-state index contributed by atoms with van der Waals surface area (Å²) in [5.41, 5.74) is 0. The molecule has 6 heteroatoms. The van der Waals surface area contributed by atoms with Crippen molar-refractivity contribution in [3.8, 4) is 0 Å². The predicted molar refractivity (Wildman–Crippen MR) is 50.2 cm³/mol. The molecule has 1 rings (SSSR count). The lowest BCUT2D eigenvalue weighted by Crippen LogP contribution is -2.26. The molecule has 0 radical (unpaired) electrons. The number of hydrogen-bond donors (Lipinski definition) is 0. The van der Waals surface area contributed by atoms with Crippen LogP contribution in [0.15, 0.2) is 0 Å². The van der Waals surface area contributed by atoms with Crippen molar-refractivity contribution in [1.29, 1.82) is 0 Å². The van der Waals surface area contributed by atoms with E-state index in [4.69, 9.17) is 44.3 Å². The smallest absolute Gasteiger partial charge is 0.358 e. The molecule has 0 aliphatic carbocycles. The van der Waals surface area contributed by atoms with Crippen molar-refractivity contribution in [3.05, 3.63) is 0 Å². The van der Waals surface area contributed by atoms with E-state index in [0.717, 1.165) is 12.8 Å². The monoisotopic (exact) mass is 246 g/mol. The van der Waals surface area contributed by atoms with Crippen LogP contribution < -0.4 is 0 Å². The zero-order chi connectivity index (χ0) is 9.90. The number of ether oxygens (including phenoxy) is 2. The van der Waals surface area contributed by atoms with Crippen LogP contribution >= 0.6 is 34.8 Å². The second-order valence-electron chi connectivity index (χ2n) is 2.73. The Morgan fingerprint density at radius 1 is 1.54 bits per heavy atom. The molecule has 0 saturated carbocycles. The second-order valence-corrected chi connectivity index (χ2v) is 5.01. The largest absolute Gasteiger partial charge is 0.460 e. The van der Waals surface area contributed by atoms with Crippen molar-refractivity contribution in [2.75, 3.05) is 13.2 Å². The predicted octanol–water partition coefficient (Wildman–Crippen LogP) is 2.08. The zero-order valence-electron chi connectivity index (χ0n) is 6.76. The highest BCUT2D eigenvalue weighted by Crippen LogP contribution is 2.27. The van der Waals surface area contributed by atoms with Gasteiger partial charge in [-0.15, -0.1) is 0 Å². The lowest BCUT2D eigenvalue weighted by molar-refractivity contribution is -0.145. The van der Waals surface area contributed by atoms with E-state index in [0.29, 0.717) is 6.61 Å². The molecule has 1 unspecified atom stereocenters. The highest BCUT2D eigenvalue weighted by atomic mass is 35.6. The Bertz CT molecular complexity index is 184. The molecule has 0 spiro atoms. The quantitative estimate of drug-likeness (QED) is 0.554. The van der Waals surface area contributed by atoms with E-state index in [2.05, 4.69) is 0 Å². The summed E-state index contributed by atoms with van der Waals surface area (Å²) in [4.78, 5) is 10.9. The molecule has 1 atom stereocenters. The van der Waals surface area contributed by atoms with Crippen LogP contribution in [0, 0.1) is 0 Å². The fourth-order valence-electron chi connectivity index (χ4n) is 1.03. The highest BCUT2D eigenvalue weighted by Gasteiger charge is 2.33. The third-order valence-corrected chi connectivity index (χ3v) is 2.12. The minimum atomic E-state index is -1.99. The summed E-state index contributed by atoms with van der Waals surface area (Å²) in [5.74, 6) is -0.854. The minimum absolute atomic E-state index is 0.0451. The number of carbonyl (C=O) groups excluding carboxylic acids is 1. The van der Waals surface area contributed by atoms with Crippen LogP contribution in [-0.4, -0.2) is 29.1 Å². The molecule has 0 bridgehead atoms. The van der Waals surface area contributed by atoms with Crippen molar-refractivity contribution >= 4 is 40.8 Å². The zero-order valence-corrected chi connectivity index (χ0v) is 9.03. The van der Waals surface area contributed by atoms with Gasteiger partial charge in [-0.05, 0) is 12.8 Å². The third-order valence-electron chi connectivity index (χ3n) is 1.66. The maximum Gasteiger partial charge on any atom is 0.358 e. The van der Waals surface area contributed by atoms with E-state index in [-0.39, 0.29) is 12.7 Å². The Labute approximate surface area is 91.2 Å². The number of alkyl halides is 3. The fourth-order valence-corrected chi connectivity index (χ4v) is 1.19. The van der Waals surface area contributed by atoms with Crippen molar-refractivity contribution in [2.45, 2.75) is 22.7 Å². The Morgan fingerprint density at radius 2 is 2.23 bits per heavy atom. The van der Waals surface area contributed by atoms with Crippen LogP contribution in [0.3, 0.4) is 0 Å². The highest BCUT2D eigenvalue weighted by molar-refractivity contribution is 6.75. The van der Waals surface area contributed by atoms with E-state index in [9.17, 15) is 4.79 Å². The molecule has 1 aliphatic heterocycles. The molecule has 1 fully saturated rings. The maximum atomic E-state index is 10.9. The van der Waals surface area contributed by atoms with Crippen molar-refractivity contribution in [1.82, 2.24) is 0 Å². The number of rotatable bonds is 2. The molecule has 1 saturated heterocycles. The van der Waals surface area contributed by atoms with Crippen molar-refractivity contribution in [3.63, 3.8) is 0 Å². The standard InChI is InChI=1S/C7H9Cl3O3/c8-7(9,10)6(11)13-4-5-2-1-3-12-5/h5H,1-4H2. The summed E-state index contributed by atoms with van der Waals surface area (Å²) >= 11 is 15.9. The van der Waals surface area contributed by atoms with Gasteiger partial charge in [0.25, 0.3) is 3.79 Å². The summed E-state index contributed by atoms with van der Waals surface area (Å²) in [6, 6.07) is 0. The van der Waals surface area contributed by atoms with Gasteiger partial charge in [-0.25, -0.2) is 4.79 Å². The van der Waals surface area contributed by atoms with Gasteiger partial charge >= 0.3 is 5.97 Å². The first-order chi connectivity index (χ1) is 6.00. The second kappa shape index (κ2) is 4.69. The van der Waals surface area contributed by atoms with E-state index in [1.807, 2.05) is 0 Å². The first-order valence-electron chi connectivity index (χ1n) is 3.85. The lowest BCUT2D eigenvalue weighted by Gasteiger charge is -2.13. The number of hydrogen-bond acceptors (Lipinski definition) is 3. The average molecular weight is 248 g/mol. The molecule has 76 valence electrons. The van der Waals surface area contributed by atoms with Gasteiger partial charge in [0.2, 0.25) is 0 Å². The third kappa shape index (κ3) is 3.90. The van der Waals surface area contributed by atoms with Crippen LogP contribution in [-0.2, 0) is 14.3 Å². The fraction of sp³-hybridized carbons (Fsp3) is 0.857. The summed E-state index contributed by atoms with van der Waals surface area (Å²) < 4.78 is 7.95. The van der Waals surface area contributed by atoms with E-state index in [1.54, 1.807) is 0 Å². The number of esters is 1. The lowest BCUT2D eigenvalue weighted by atomic mass is 10.2. The molecule has 0 aromatic heterocycles. The van der Waals surface area contributed by atoms with Crippen LogP contribution in [0.2, 0.25) is 0 Å². The van der Waals surface area contributed by atoms with Gasteiger partial charge in [-0.2, -0.15) is 0 Å². The molecule has 3 nitrogen and oxygen atoms in total. The molecule has 0 N–H and O–H groups in total. The van der Waals surface area contributed by atoms with Gasteiger partial charge in [0, 0.05) is 6.61 Å². The summed E-state index contributed by atoms with van der Waals surface area (Å²) in [5, 5.41) is 0. The van der Waals surface area contributed by atoms with Crippen molar-refractivity contribution in [2.24, 2.45) is 0 Å². The van der Waals surface area contributed by atoms with Gasteiger partial charge < -0.3 is 9.47 Å². The van der Waals surface area contributed by atoms with Crippen LogP contribution in [0.5, 0.6) is 0 Å². The molecule has 0 aromatic rings. The average Bonchev–Trinajstić information content (AvgIpc) is 2.50. The Hall–Kier alpha value is 0.300. The van der Waals surface area contributed by atoms with Crippen molar-refractivity contribution < 1.29 is 14.3 Å². The molecule has 1 aliphatic rings. The van der Waals surface area contributed by atoms with Gasteiger partial charge in [0.05, 0.1) is 6.10 Å². The number of halogens is 3. The molecule has 0 amide bonds. The first-order valence-corrected chi connectivity index (χ1v) is 4.99. The Balaban J connectivity index is 2.22. The van der Waals surface area contributed by atoms with Gasteiger partial charge in [-0.3, -0.25) is 0 Å². The topological polar surface area (TPSA) is 35.5 Å². The van der Waals surface area contributed by atoms with E-state index >= 15 is 0 Å². The summed E-state index contributed by atoms with van der Waals surface area (Å²) in [7, 11) is 0. The van der Waals surface area contributed by atoms with Gasteiger partial charge in [0.1, 0.15) is 6.61 Å². The Kier molecular flexibility index (Phi) is 4.10. The molecular formula is C7H9Cl3O3. The Morgan fingerprint density at radius 3 is 2.69 bits per heavy atom. The molecular weight excluding hydrogens is 238 g/mol. The van der Waals surface area contributed by atoms with Crippen LogP contribution in [0.1, 0.15) is 12.8 Å². The van der Waals surface area contributed by atoms with Gasteiger partial charge in [0.15, 0.2) is 0 Å². The first kappa shape index (κ1) is 11.4. The maximum absolute atomic E-state index is 10.9. The minimum Gasteiger partial charge on any atom is -0.460 e. The SMILES string of the molecule is O=C(OCC1CCCO1)C(Cl)(Cl)Cl. The molecule has 13 heavy (non-hydrogen) atoms. The summed E-state index contributed by atoms with van der Waals surface area (Å²) in [6.45, 7) is 0.864. The van der Waals surface area contributed by atoms with E-state index in [1.165, 1.54) is 0 Å². The number of carbonyl (C=O) groups is 1. The normalized spacial score (nSPS) is 23.2. The van der Waals surface area contributed by atoms with Gasteiger partial charge in [-0.1, -0.05) is 34.8 Å². The summed E-state index contributed by atoms with van der Waals surface area (Å²) in [6.07, 6.45) is 1.82. The van der Waals surface area contributed by atoms with Crippen LogP contribution in [0.4, 0.5) is 0 Å². The molecule has 1 heterocycles. The van der Waals surface area contributed by atoms with E-state index < -0.39 is 9.76 Å². The molecule has 0 aromatic carbocycles. The van der Waals surface area contributed by atoms with Crippen LogP contribution in [0.25, 0.3) is 0 Å².